The fraction of sp³-hybridized carbons (Fsp3) is 0.538. The Labute approximate surface area is 113 Å². The molecule has 0 aromatic heterocycles. The molecule has 6 heteroatoms. The third-order valence-electron chi connectivity index (χ3n) is 1.94. The molecule has 1 unspecified atom stereocenters. The molecule has 19 heavy (non-hydrogen) atoms. The van der Waals surface area contributed by atoms with Crippen LogP contribution in [0.3, 0.4) is 0 Å². The van der Waals surface area contributed by atoms with E-state index in [1.165, 1.54) is 0 Å². The highest BCUT2D eigenvalue weighted by Crippen LogP contribution is 2.09. The molecule has 1 fully saturated rings. The molecule has 1 heterocycles. The van der Waals surface area contributed by atoms with E-state index in [-0.39, 0.29) is 12.1 Å². The number of carbonyl (C=O) groups excluding carboxylic acids is 1. The maximum atomic E-state index is 10.7. The van der Waals surface area contributed by atoms with Crippen molar-refractivity contribution < 1.29 is 24.2 Å². The lowest BCUT2D eigenvalue weighted by Gasteiger charge is -2.03. The van der Waals surface area contributed by atoms with Crippen molar-refractivity contribution >= 4 is 11.9 Å². The summed E-state index contributed by atoms with van der Waals surface area (Å²) in [6.07, 6.45) is 1.70. The Balaban J connectivity index is 0.000000344. The van der Waals surface area contributed by atoms with Crippen molar-refractivity contribution in [1.29, 1.82) is 0 Å². The maximum Gasteiger partial charge on any atom is 0.333 e. The molecule has 0 radical (unpaired) electrons. The largest absolute Gasteiger partial charge is 0.478 e. The molecule has 1 rings (SSSR count). The Kier molecular flexibility index (Phi) is 7.52. The van der Waals surface area contributed by atoms with Gasteiger partial charge in [-0.25, -0.2) is 9.59 Å². The standard InChI is InChI=1S/C7H10O3.C6H11NO2/c1-5(2)7(8)10-4-6-3-9-6;1-5(6(8)9)4-7(2)3/h6H,1,3-4H2,2H3;4H,1-3H3,(H,8,9). The van der Waals surface area contributed by atoms with Gasteiger partial charge in [-0.3, -0.25) is 0 Å². The lowest BCUT2D eigenvalue weighted by atomic mass is 10.3. The smallest absolute Gasteiger partial charge is 0.333 e. The van der Waals surface area contributed by atoms with Gasteiger partial charge in [0.15, 0.2) is 0 Å². The van der Waals surface area contributed by atoms with Crippen molar-refractivity contribution in [3.05, 3.63) is 23.9 Å². The number of aliphatic carboxylic acids is 1. The zero-order valence-electron chi connectivity index (χ0n) is 11.8. The quantitative estimate of drug-likeness (QED) is 0.457. The van der Waals surface area contributed by atoms with E-state index in [2.05, 4.69) is 6.58 Å². The third-order valence-corrected chi connectivity index (χ3v) is 1.94. The number of nitrogens with zero attached hydrogens (tertiary/aromatic N) is 1. The average Bonchev–Trinajstić information content (AvgIpc) is 3.09. The molecule has 0 amide bonds. The van der Waals surface area contributed by atoms with Gasteiger partial charge in [-0.1, -0.05) is 6.58 Å². The molecule has 1 atom stereocenters. The van der Waals surface area contributed by atoms with Gasteiger partial charge in [0.2, 0.25) is 0 Å². The Morgan fingerprint density at radius 1 is 1.47 bits per heavy atom. The van der Waals surface area contributed by atoms with Gasteiger partial charge in [-0.05, 0) is 13.8 Å². The van der Waals surface area contributed by atoms with Crippen LogP contribution in [-0.2, 0) is 19.1 Å². The topological polar surface area (TPSA) is 79.4 Å². The molecule has 0 spiro atoms. The van der Waals surface area contributed by atoms with Crippen molar-refractivity contribution in [2.75, 3.05) is 27.3 Å². The first kappa shape index (κ1) is 17.2. The zero-order chi connectivity index (χ0) is 15.0. The number of epoxide rings is 1. The number of hydrogen-bond donors (Lipinski definition) is 1. The highest BCUT2D eigenvalue weighted by molar-refractivity contribution is 5.87. The van der Waals surface area contributed by atoms with Crippen LogP contribution < -0.4 is 0 Å². The lowest BCUT2D eigenvalue weighted by Crippen LogP contribution is -2.09. The first-order valence-corrected chi connectivity index (χ1v) is 5.76. The van der Waals surface area contributed by atoms with E-state index >= 15 is 0 Å². The minimum Gasteiger partial charge on any atom is -0.478 e. The average molecular weight is 271 g/mol. The summed E-state index contributed by atoms with van der Waals surface area (Å²) in [7, 11) is 3.57. The van der Waals surface area contributed by atoms with Gasteiger partial charge in [-0.15, -0.1) is 0 Å². The zero-order valence-corrected chi connectivity index (χ0v) is 11.8. The SMILES string of the molecule is C=C(C)C(=O)OCC1CO1.CC(=CN(C)C)C(=O)O. The second-order valence-electron chi connectivity index (χ2n) is 4.42. The number of esters is 1. The summed E-state index contributed by atoms with van der Waals surface area (Å²) in [6.45, 7) is 7.70. The molecule has 0 aliphatic carbocycles. The van der Waals surface area contributed by atoms with E-state index < -0.39 is 5.97 Å². The number of ether oxygens (including phenoxy) is 2. The van der Waals surface area contributed by atoms with Crippen molar-refractivity contribution in [3.8, 4) is 0 Å². The van der Waals surface area contributed by atoms with Gasteiger partial charge in [0.05, 0.1) is 6.61 Å². The second kappa shape index (κ2) is 8.31. The molecular formula is C13H21NO5. The fourth-order valence-electron chi connectivity index (χ4n) is 0.899. The predicted octanol–water partition coefficient (Wildman–Crippen LogP) is 1.04. The molecule has 0 aromatic rings. The van der Waals surface area contributed by atoms with Crippen LogP contribution in [0.4, 0.5) is 0 Å². The monoisotopic (exact) mass is 271 g/mol. The van der Waals surface area contributed by atoms with Crippen LogP contribution in [0.2, 0.25) is 0 Å². The molecule has 108 valence electrons. The molecule has 1 saturated heterocycles. The molecule has 1 aliphatic heterocycles. The summed E-state index contributed by atoms with van der Waals surface area (Å²) in [5, 5.41) is 8.34. The van der Waals surface area contributed by atoms with Crippen LogP contribution in [0, 0.1) is 0 Å². The van der Waals surface area contributed by atoms with Gasteiger partial charge in [0, 0.05) is 31.4 Å². The van der Waals surface area contributed by atoms with Gasteiger partial charge < -0.3 is 19.5 Å². The van der Waals surface area contributed by atoms with Crippen molar-refractivity contribution in [2.45, 2.75) is 20.0 Å². The Hall–Kier alpha value is -1.82. The molecule has 0 saturated carbocycles. The van der Waals surface area contributed by atoms with E-state index in [4.69, 9.17) is 14.6 Å². The van der Waals surface area contributed by atoms with Gasteiger partial charge in [0.25, 0.3) is 0 Å². The minimum absolute atomic E-state index is 0.142. The summed E-state index contributed by atoms with van der Waals surface area (Å²) in [4.78, 5) is 22.5. The Morgan fingerprint density at radius 3 is 2.26 bits per heavy atom. The van der Waals surface area contributed by atoms with Crippen molar-refractivity contribution in [2.24, 2.45) is 0 Å². The van der Waals surface area contributed by atoms with Gasteiger partial charge >= 0.3 is 11.9 Å². The summed E-state index contributed by atoms with van der Waals surface area (Å²) in [5.41, 5.74) is 0.778. The Bertz CT molecular complexity index is 369. The van der Waals surface area contributed by atoms with Gasteiger partial charge in [0.1, 0.15) is 12.7 Å². The number of hydrogen-bond acceptors (Lipinski definition) is 5. The maximum absolute atomic E-state index is 10.7. The molecule has 1 N–H and O–H groups in total. The van der Waals surface area contributed by atoms with Gasteiger partial charge in [-0.2, -0.15) is 0 Å². The summed E-state index contributed by atoms with van der Waals surface area (Å²) >= 11 is 0. The molecule has 0 aromatic carbocycles. The highest BCUT2D eigenvalue weighted by atomic mass is 16.6. The van der Waals surface area contributed by atoms with E-state index in [1.54, 1.807) is 39.0 Å². The van der Waals surface area contributed by atoms with Crippen LogP contribution >= 0.6 is 0 Å². The highest BCUT2D eigenvalue weighted by Gasteiger charge is 2.24. The number of carbonyl (C=O) groups is 2. The summed E-state index contributed by atoms with van der Waals surface area (Å²) < 4.78 is 9.60. The second-order valence-corrected chi connectivity index (χ2v) is 4.42. The van der Waals surface area contributed by atoms with Crippen LogP contribution in [0.5, 0.6) is 0 Å². The minimum atomic E-state index is -0.872. The van der Waals surface area contributed by atoms with E-state index in [1.807, 2.05) is 0 Å². The van der Waals surface area contributed by atoms with E-state index in [0.29, 0.717) is 24.4 Å². The Morgan fingerprint density at radius 2 is 2.00 bits per heavy atom. The molecule has 6 nitrogen and oxygen atoms in total. The predicted molar refractivity (Wildman–Crippen MR) is 70.6 cm³/mol. The number of carboxylic acid groups (broad SMARTS) is 1. The van der Waals surface area contributed by atoms with Crippen LogP contribution in [0.25, 0.3) is 0 Å². The molecule has 1 aliphatic rings. The summed E-state index contributed by atoms with van der Waals surface area (Å²) in [5.74, 6) is -1.21. The molecule has 0 bridgehead atoms. The first-order chi connectivity index (χ1) is 8.73. The fourth-order valence-corrected chi connectivity index (χ4v) is 0.899. The van der Waals surface area contributed by atoms with Crippen molar-refractivity contribution in [1.82, 2.24) is 4.90 Å². The van der Waals surface area contributed by atoms with Crippen molar-refractivity contribution in [3.63, 3.8) is 0 Å². The van der Waals surface area contributed by atoms with Crippen LogP contribution in [0.15, 0.2) is 23.9 Å². The van der Waals surface area contributed by atoms with E-state index in [0.717, 1.165) is 0 Å². The van der Waals surface area contributed by atoms with Crippen LogP contribution in [-0.4, -0.2) is 55.4 Å². The summed E-state index contributed by atoms with van der Waals surface area (Å²) in [6, 6.07) is 0. The third kappa shape index (κ3) is 9.84. The first-order valence-electron chi connectivity index (χ1n) is 5.76. The molecular weight excluding hydrogens is 250 g/mol. The number of rotatable bonds is 5. The lowest BCUT2D eigenvalue weighted by molar-refractivity contribution is -0.139. The normalized spacial score (nSPS) is 16.8. The van der Waals surface area contributed by atoms with E-state index in [9.17, 15) is 9.59 Å². The van der Waals surface area contributed by atoms with Crippen LogP contribution in [0.1, 0.15) is 13.8 Å². The number of carboxylic acids is 1.